The van der Waals surface area contributed by atoms with Crippen LogP contribution in [0.25, 0.3) is 0 Å². The molecule has 2 aromatic carbocycles. The van der Waals surface area contributed by atoms with Crippen LogP contribution >= 0.6 is 11.8 Å². The van der Waals surface area contributed by atoms with E-state index in [1.54, 1.807) is 23.1 Å². The number of rotatable bonds is 4. The summed E-state index contributed by atoms with van der Waals surface area (Å²) in [5, 5.41) is -0.495. The zero-order valence-corrected chi connectivity index (χ0v) is 14.6. The van der Waals surface area contributed by atoms with Crippen LogP contribution in [-0.2, 0) is 0 Å². The molecule has 0 aliphatic carbocycles. The van der Waals surface area contributed by atoms with Gasteiger partial charge in [0.05, 0.1) is 14.2 Å². The van der Waals surface area contributed by atoms with E-state index in [1.807, 2.05) is 0 Å². The average molecular weight is 365 g/mol. The molecule has 0 saturated carbocycles. The van der Waals surface area contributed by atoms with Gasteiger partial charge in [-0.2, -0.15) is 0 Å². The molecule has 0 aromatic heterocycles. The van der Waals surface area contributed by atoms with Gasteiger partial charge in [0.15, 0.2) is 0 Å². The maximum absolute atomic E-state index is 14.1. The van der Waals surface area contributed by atoms with Crippen LogP contribution < -0.4 is 9.47 Å². The van der Waals surface area contributed by atoms with E-state index in [0.29, 0.717) is 34.9 Å². The van der Waals surface area contributed by atoms with Crippen LogP contribution in [0.5, 0.6) is 11.5 Å². The van der Waals surface area contributed by atoms with E-state index in [4.69, 9.17) is 9.47 Å². The van der Waals surface area contributed by atoms with Gasteiger partial charge in [0.1, 0.15) is 28.5 Å². The van der Waals surface area contributed by atoms with E-state index in [9.17, 15) is 13.6 Å². The Balaban J connectivity index is 1.93. The quantitative estimate of drug-likeness (QED) is 0.825. The molecule has 0 radical (unpaired) electrons. The van der Waals surface area contributed by atoms with Crippen molar-refractivity contribution in [2.45, 2.75) is 5.37 Å². The molecular formula is C18H17F2NO3S. The Hall–Kier alpha value is -2.28. The maximum Gasteiger partial charge on any atom is 0.255 e. The van der Waals surface area contributed by atoms with Crippen molar-refractivity contribution < 1.29 is 23.0 Å². The fourth-order valence-corrected chi connectivity index (χ4v) is 4.01. The van der Waals surface area contributed by atoms with E-state index in [2.05, 4.69) is 0 Å². The Bertz CT molecular complexity index is 778. The Labute approximate surface area is 148 Å². The van der Waals surface area contributed by atoms with Crippen LogP contribution in [0.1, 0.15) is 21.3 Å². The van der Waals surface area contributed by atoms with Crippen molar-refractivity contribution in [3.63, 3.8) is 0 Å². The first-order valence-corrected chi connectivity index (χ1v) is 8.69. The van der Waals surface area contributed by atoms with Crippen LogP contribution in [-0.4, -0.2) is 37.3 Å². The van der Waals surface area contributed by atoms with Gasteiger partial charge in [0.25, 0.3) is 5.91 Å². The Morgan fingerprint density at radius 3 is 2.40 bits per heavy atom. The summed E-state index contributed by atoms with van der Waals surface area (Å²) in [6.45, 7) is 0.477. The largest absolute Gasteiger partial charge is 0.497 e. The molecule has 3 rings (SSSR count). The minimum absolute atomic E-state index is 0.254. The third-order valence-electron chi connectivity index (χ3n) is 3.98. The fraction of sp³-hybridized carbons (Fsp3) is 0.278. The second-order valence-corrected chi connectivity index (χ2v) is 6.68. The molecule has 1 aliphatic rings. The van der Waals surface area contributed by atoms with E-state index in [-0.39, 0.29) is 5.91 Å². The van der Waals surface area contributed by atoms with Crippen LogP contribution in [0.2, 0.25) is 0 Å². The molecule has 25 heavy (non-hydrogen) atoms. The molecule has 4 nitrogen and oxygen atoms in total. The Morgan fingerprint density at radius 1 is 1.12 bits per heavy atom. The Kier molecular flexibility index (Phi) is 5.13. The smallest absolute Gasteiger partial charge is 0.255 e. The third kappa shape index (κ3) is 3.56. The molecule has 0 spiro atoms. The summed E-state index contributed by atoms with van der Waals surface area (Å²) in [6.07, 6.45) is 0. The standard InChI is InChI=1S/C18H17F2NO3S/c1-23-13-7-11(8-14(10-13)24-2)17(22)21-5-6-25-18(21)15-4-3-12(19)9-16(15)20/h3-4,7-10,18H,5-6H2,1-2H3/t18-/m1/s1. The highest BCUT2D eigenvalue weighted by Gasteiger charge is 2.33. The van der Waals surface area contributed by atoms with Gasteiger partial charge >= 0.3 is 0 Å². The first-order chi connectivity index (χ1) is 12.0. The molecule has 0 N–H and O–H groups in total. The number of hydrogen-bond donors (Lipinski definition) is 0. The van der Waals surface area contributed by atoms with E-state index in [1.165, 1.54) is 38.1 Å². The number of methoxy groups -OCH3 is 2. The number of halogens is 2. The van der Waals surface area contributed by atoms with Gasteiger partial charge in [-0.1, -0.05) is 6.07 Å². The molecule has 0 bridgehead atoms. The molecule has 0 unspecified atom stereocenters. The third-order valence-corrected chi connectivity index (χ3v) is 5.22. The molecule has 1 saturated heterocycles. The van der Waals surface area contributed by atoms with Gasteiger partial charge in [0, 0.05) is 35.6 Å². The summed E-state index contributed by atoms with van der Waals surface area (Å²) in [7, 11) is 3.01. The van der Waals surface area contributed by atoms with Crippen molar-refractivity contribution in [3.8, 4) is 11.5 Å². The van der Waals surface area contributed by atoms with Crippen LogP contribution in [0.3, 0.4) is 0 Å². The lowest BCUT2D eigenvalue weighted by Crippen LogP contribution is -2.30. The van der Waals surface area contributed by atoms with Gasteiger partial charge in [-0.3, -0.25) is 4.79 Å². The van der Waals surface area contributed by atoms with Crippen molar-refractivity contribution in [2.24, 2.45) is 0 Å². The monoisotopic (exact) mass is 365 g/mol. The summed E-state index contributed by atoms with van der Waals surface area (Å²) in [6, 6.07) is 8.34. The summed E-state index contributed by atoms with van der Waals surface area (Å²) in [4.78, 5) is 14.5. The average Bonchev–Trinajstić information content (AvgIpc) is 3.09. The van der Waals surface area contributed by atoms with E-state index >= 15 is 0 Å². The molecule has 1 aliphatic heterocycles. The minimum atomic E-state index is -0.652. The SMILES string of the molecule is COc1cc(OC)cc(C(=O)N2CCS[C@@H]2c2ccc(F)cc2F)c1. The number of ether oxygens (including phenoxy) is 2. The summed E-state index contributed by atoms with van der Waals surface area (Å²) < 4.78 is 37.7. The molecule has 1 atom stereocenters. The number of benzene rings is 2. The lowest BCUT2D eigenvalue weighted by Gasteiger charge is -2.25. The van der Waals surface area contributed by atoms with E-state index < -0.39 is 17.0 Å². The van der Waals surface area contributed by atoms with Crippen LogP contribution in [0.15, 0.2) is 36.4 Å². The highest BCUT2D eigenvalue weighted by molar-refractivity contribution is 7.99. The van der Waals surface area contributed by atoms with Crippen molar-refractivity contribution in [1.82, 2.24) is 4.90 Å². The lowest BCUT2D eigenvalue weighted by molar-refractivity contribution is 0.0758. The second kappa shape index (κ2) is 7.31. The predicted molar refractivity (Wildman–Crippen MR) is 92.1 cm³/mol. The van der Waals surface area contributed by atoms with Gasteiger partial charge in [-0.25, -0.2) is 8.78 Å². The van der Waals surface area contributed by atoms with Gasteiger partial charge in [-0.05, 0) is 18.2 Å². The predicted octanol–water partition coefficient (Wildman–Crippen LogP) is 3.87. The number of carbonyl (C=O) groups is 1. The summed E-state index contributed by atoms with van der Waals surface area (Å²) >= 11 is 1.45. The number of nitrogens with zero attached hydrogens (tertiary/aromatic N) is 1. The van der Waals surface area contributed by atoms with Crippen molar-refractivity contribution in [2.75, 3.05) is 26.5 Å². The zero-order valence-electron chi connectivity index (χ0n) is 13.8. The zero-order chi connectivity index (χ0) is 18.0. The molecule has 132 valence electrons. The minimum Gasteiger partial charge on any atom is -0.497 e. The first-order valence-electron chi connectivity index (χ1n) is 7.64. The highest BCUT2D eigenvalue weighted by Crippen LogP contribution is 2.40. The molecular weight excluding hydrogens is 348 g/mol. The van der Waals surface area contributed by atoms with Gasteiger partial charge < -0.3 is 14.4 Å². The fourth-order valence-electron chi connectivity index (χ4n) is 2.73. The van der Waals surface area contributed by atoms with Crippen molar-refractivity contribution >= 4 is 17.7 Å². The number of thioether (sulfide) groups is 1. The molecule has 2 aromatic rings. The first kappa shape index (κ1) is 17.5. The van der Waals surface area contributed by atoms with Gasteiger partial charge in [0.2, 0.25) is 0 Å². The molecule has 1 amide bonds. The van der Waals surface area contributed by atoms with Crippen molar-refractivity contribution in [3.05, 3.63) is 59.2 Å². The highest BCUT2D eigenvalue weighted by atomic mass is 32.2. The lowest BCUT2D eigenvalue weighted by atomic mass is 10.1. The maximum atomic E-state index is 14.1. The van der Waals surface area contributed by atoms with E-state index in [0.717, 1.165) is 6.07 Å². The van der Waals surface area contributed by atoms with Gasteiger partial charge in [-0.15, -0.1) is 11.8 Å². The topological polar surface area (TPSA) is 38.8 Å². The van der Waals surface area contributed by atoms with Crippen molar-refractivity contribution in [1.29, 1.82) is 0 Å². The second-order valence-electron chi connectivity index (χ2n) is 5.49. The van der Waals surface area contributed by atoms with Crippen LogP contribution in [0.4, 0.5) is 8.78 Å². The normalized spacial score (nSPS) is 16.8. The molecule has 7 heteroatoms. The Morgan fingerprint density at radius 2 is 1.80 bits per heavy atom. The summed E-state index contributed by atoms with van der Waals surface area (Å²) in [5.74, 6) is 0.128. The summed E-state index contributed by atoms with van der Waals surface area (Å²) in [5.41, 5.74) is 0.693. The van der Waals surface area contributed by atoms with Crippen LogP contribution in [0, 0.1) is 11.6 Å². The molecule has 1 heterocycles. The number of amides is 1. The number of carbonyl (C=O) groups excluding carboxylic acids is 1. The number of hydrogen-bond acceptors (Lipinski definition) is 4. The molecule has 1 fully saturated rings.